The second kappa shape index (κ2) is 9.17. The van der Waals surface area contributed by atoms with Crippen molar-refractivity contribution in [1.82, 2.24) is 10.3 Å². The van der Waals surface area contributed by atoms with Gasteiger partial charge in [-0.3, -0.25) is 9.59 Å². The summed E-state index contributed by atoms with van der Waals surface area (Å²) < 4.78 is 5.17. The predicted octanol–water partition coefficient (Wildman–Crippen LogP) is 2.69. The van der Waals surface area contributed by atoms with Crippen molar-refractivity contribution in [1.29, 1.82) is 0 Å². The molecule has 6 heteroatoms. The van der Waals surface area contributed by atoms with E-state index in [2.05, 4.69) is 34.7 Å². The number of ether oxygens (including phenoxy) is 1. The van der Waals surface area contributed by atoms with E-state index in [1.165, 1.54) is 16.1 Å². The minimum atomic E-state index is -0.208. The van der Waals surface area contributed by atoms with E-state index in [4.69, 9.17) is 4.74 Å². The van der Waals surface area contributed by atoms with E-state index in [0.29, 0.717) is 19.4 Å². The van der Waals surface area contributed by atoms with E-state index < -0.39 is 0 Å². The molecule has 2 aromatic rings. The van der Waals surface area contributed by atoms with Gasteiger partial charge in [0.1, 0.15) is 12.3 Å². The summed E-state index contributed by atoms with van der Waals surface area (Å²) in [6.07, 6.45) is 1.67. The lowest BCUT2D eigenvalue weighted by atomic mass is 10.0. The zero-order valence-corrected chi connectivity index (χ0v) is 16.3. The summed E-state index contributed by atoms with van der Waals surface area (Å²) in [6.45, 7) is 2.51. The Morgan fingerprint density at radius 3 is 2.50 bits per heavy atom. The van der Waals surface area contributed by atoms with Gasteiger partial charge in [-0.2, -0.15) is 5.10 Å². The number of benzene rings is 2. The fourth-order valence-corrected chi connectivity index (χ4v) is 3.01. The first kappa shape index (κ1) is 19.6. The van der Waals surface area contributed by atoms with Gasteiger partial charge in [0.05, 0.1) is 12.8 Å². The van der Waals surface area contributed by atoms with Crippen molar-refractivity contribution < 1.29 is 14.3 Å². The maximum Gasteiger partial charge on any atom is 0.243 e. The molecular formula is C22H25N3O3. The molecule has 28 heavy (non-hydrogen) atoms. The Hall–Kier alpha value is -3.15. The average Bonchev–Trinajstić information content (AvgIpc) is 2.71. The van der Waals surface area contributed by atoms with Gasteiger partial charge in [0.15, 0.2) is 0 Å². The number of rotatable bonds is 7. The Morgan fingerprint density at radius 1 is 1.11 bits per heavy atom. The fraction of sp³-hybridized carbons (Fsp3) is 0.318. The highest BCUT2D eigenvalue weighted by Gasteiger charge is 2.23. The molecule has 0 spiro atoms. The number of carbonyl (C=O) groups is 2. The van der Waals surface area contributed by atoms with Gasteiger partial charge in [-0.05, 0) is 48.7 Å². The van der Waals surface area contributed by atoms with Gasteiger partial charge < -0.3 is 10.1 Å². The third kappa shape index (κ3) is 5.19. The first-order valence-electron chi connectivity index (χ1n) is 9.39. The molecule has 2 amide bonds. The third-order valence-corrected chi connectivity index (χ3v) is 4.68. The van der Waals surface area contributed by atoms with Crippen LogP contribution in [0.3, 0.4) is 0 Å². The molecule has 0 saturated carbocycles. The van der Waals surface area contributed by atoms with E-state index in [-0.39, 0.29) is 18.4 Å². The molecule has 0 bridgehead atoms. The third-order valence-electron chi connectivity index (χ3n) is 4.68. The molecule has 0 unspecified atom stereocenters. The highest BCUT2D eigenvalue weighted by Crippen LogP contribution is 2.18. The number of nitrogens with one attached hydrogen (secondary N) is 1. The molecule has 6 nitrogen and oxygen atoms in total. The molecule has 0 fully saturated rings. The van der Waals surface area contributed by atoms with Crippen LogP contribution in [0.1, 0.15) is 29.5 Å². The first-order chi connectivity index (χ1) is 13.5. The Kier molecular flexibility index (Phi) is 6.42. The molecule has 1 heterocycles. The van der Waals surface area contributed by atoms with Crippen LogP contribution in [0.4, 0.5) is 0 Å². The van der Waals surface area contributed by atoms with E-state index in [0.717, 1.165) is 23.4 Å². The minimum Gasteiger partial charge on any atom is -0.497 e. The monoisotopic (exact) mass is 379 g/mol. The van der Waals surface area contributed by atoms with Crippen LogP contribution in [0.5, 0.6) is 5.75 Å². The summed E-state index contributed by atoms with van der Waals surface area (Å²) >= 11 is 0. The standard InChI is InChI=1S/C22H25N3O3/c1-16-3-5-17(6-4-16)13-14-23-21(26)15-25-22(27)12-11-20(24-25)18-7-9-19(28-2)10-8-18/h3-10H,11-15H2,1-2H3,(H,23,26). The van der Waals surface area contributed by atoms with Gasteiger partial charge in [0, 0.05) is 19.4 Å². The highest BCUT2D eigenvalue weighted by molar-refractivity contribution is 6.04. The first-order valence-corrected chi connectivity index (χ1v) is 9.39. The second-order valence-electron chi connectivity index (χ2n) is 6.81. The van der Waals surface area contributed by atoms with Crippen LogP contribution < -0.4 is 10.1 Å². The lowest BCUT2D eigenvalue weighted by Crippen LogP contribution is -2.40. The molecule has 3 rings (SSSR count). The quantitative estimate of drug-likeness (QED) is 0.804. The molecule has 0 atom stereocenters. The van der Waals surface area contributed by atoms with Crippen molar-refractivity contribution in [3.63, 3.8) is 0 Å². The number of methoxy groups -OCH3 is 1. The van der Waals surface area contributed by atoms with Crippen molar-refractivity contribution >= 4 is 17.5 Å². The maximum atomic E-state index is 12.2. The van der Waals surface area contributed by atoms with Crippen LogP contribution in [0, 0.1) is 6.92 Å². The van der Waals surface area contributed by atoms with Crippen LogP contribution in [-0.2, 0) is 16.0 Å². The Labute approximate surface area is 165 Å². The Balaban J connectivity index is 1.55. The van der Waals surface area contributed by atoms with Crippen LogP contribution in [0.15, 0.2) is 53.6 Å². The topological polar surface area (TPSA) is 71.0 Å². The summed E-state index contributed by atoms with van der Waals surface area (Å²) in [5.74, 6) is 0.423. The number of aryl methyl sites for hydroxylation is 1. The Morgan fingerprint density at radius 2 is 1.82 bits per heavy atom. The van der Waals surface area contributed by atoms with Gasteiger partial charge >= 0.3 is 0 Å². The van der Waals surface area contributed by atoms with Crippen molar-refractivity contribution in [3.05, 3.63) is 65.2 Å². The van der Waals surface area contributed by atoms with Gasteiger partial charge in [0.2, 0.25) is 11.8 Å². The molecule has 0 aromatic heterocycles. The molecule has 2 aromatic carbocycles. The van der Waals surface area contributed by atoms with Crippen molar-refractivity contribution in [2.45, 2.75) is 26.2 Å². The van der Waals surface area contributed by atoms with Crippen LogP contribution in [0.25, 0.3) is 0 Å². The van der Waals surface area contributed by atoms with E-state index in [1.807, 2.05) is 31.2 Å². The summed E-state index contributed by atoms with van der Waals surface area (Å²) in [4.78, 5) is 24.4. The van der Waals surface area contributed by atoms with Crippen molar-refractivity contribution in [3.8, 4) is 5.75 Å². The number of hydrogen-bond acceptors (Lipinski definition) is 4. The maximum absolute atomic E-state index is 12.2. The largest absolute Gasteiger partial charge is 0.497 e. The molecule has 146 valence electrons. The van der Waals surface area contributed by atoms with Gasteiger partial charge in [-0.1, -0.05) is 29.8 Å². The molecule has 0 radical (unpaired) electrons. The minimum absolute atomic E-state index is 0.0631. The SMILES string of the molecule is COc1ccc(C2=NN(CC(=O)NCCc3ccc(C)cc3)C(=O)CC2)cc1. The number of carbonyl (C=O) groups excluding carboxylic acids is 2. The molecule has 0 saturated heterocycles. The fourth-order valence-electron chi connectivity index (χ4n) is 3.01. The lowest BCUT2D eigenvalue weighted by Gasteiger charge is -2.23. The molecule has 0 aliphatic carbocycles. The number of amides is 2. The smallest absolute Gasteiger partial charge is 0.243 e. The van der Waals surface area contributed by atoms with Crippen molar-refractivity contribution in [2.75, 3.05) is 20.2 Å². The normalized spacial score (nSPS) is 13.9. The second-order valence-corrected chi connectivity index (χ2v) is 6.81. The van der Waals surface area contributed by atoms with Crippen LogP contribution in [0.2, 0.25) is 0 Å². The zero-order chi connectivity index (χ0) is 19.9. The number of nitrogens with zero attached hydrogens (tertiary/aromatic N) is 2. The lowest BCUT2D eigenvalue weighted by molar-refractivity contribution is -0.136. The van der Waals surface area contributed by atoms with Gasteiger partial charge in [-0.15, -0.1) is 0 Å². The molecule has 1 N–H and O–H groups in total. The molecule has 1 aliphatic heterocycles. The predicted molar refractivity (Wildman–Crippen MR) is 108 cm³/mol. The van der Waals surface area contributed by atoms with E-state index >= 15 is 0 Å². The van der Waals surface area contributed by atoms with Gasteiger partial charge in [0.25, 0.3) is 0 Å². The summed E-state index contributed by atoms with van der Waals surface area (Å²) in [6, 6.07) is 15.8. The van der Waals surface area contributed by atoms with Crippen molar-refractivity contribution in [2.24, 2.45) is 5.10 Å². The summed E-state index contributed by atoms with van der Waals surface area (Å²) in [5.41, 5.74) is 4.11. The van der Waals surface area contributed by atoms with Crippen LogP contribution in [-0.4, -0.2) is 42.7 Å². The van der Waals surface area contributed by atoms with E-state index in [9.17, 15) is 9.59 Å². The van der Waals surface area contributed by atoms with E-state index in [1.54, 1.807) is 7.11 Å². The van der Waals surface area contributed by atoms with Crippen LogP contribution >= 0.6 is 0 Å². The number of hydrogen-bond donors (Lipinski definition) is 1. The molecule has 1 aliphatic rings. The molecular weight excluding hydrogens is 354 g/mol. The zero-order valence-electron chi connectivity index (χ0n) is 16.3. The summed E-state index contributed by atoms with van der Waals surface area (Å²) in [5, 5.41) is 8.54. The van der Waals surface area contributed by atoms with Gasteiger partial charge in [-0.25, -0.2) is 5.01 Å². The highest BCUT2D eigenvalue weighted by atomic mass is 16.5. The summed E-state index contributed by atoms with van der Waals surface area (Å²) in [7, 11) is 1.62. The number of hydrazone groups is 1. The Bertz CT molecular complexity index is 858. The average molecular weight is 379 g/mol.